The molecule has 0 aliphatic carbocycles. The van der Waals surface area contributed by atoms with Crippen LogP contribution < -0.4 is 14.2 Å². The zero-order chi connectivity index (χ0) is 20.5. The van der Waals surface area contributed by atoms with Crippen molar-refractivity contribution in [2.75, 3.05) is 21.3 Å². The highest BCUT2D eigenvalue weighted by Crippen LogP contribution is 2.43. The standard InChI is InChI=1S/C23H22N2O4/c1-13-5-6-14(9-19(13)26)15-7-17(22-18(8-15)24-12-25-22)16-10-20(27-2)23(29-4)21(11-16)28-3/h5-12,26H,1-4H3,(H,24,25). The predicted molar refractivity (Wildman–Crippen MR) is 113 cm³/mol. The van der Waals surface area contributed by atoms with Crippen molar-refractivity contribution in [3.05, 3.63) is 54.4 Å². The Kier molecular flexibility index (Phi) is 4.76. The van der Waals surface area contributed by atoms with Crippen molar-refractivity contribution in [3.63, 3.8) is 0 Å². The highest BCUT2D eigenvalue weighted by Gasteiger charge is 2.17. The van der Waals surface area contributed by atoms with E-state index in [9.17, 15) is 5.11 Å². The summed E-state index contributed by atoms with van der Waals surface area (Å²) in [7, 11) is 4.77. The molecule has 1 aromatic heterocycles. The van der Waals surface area contributed by atoms with Crippen LogP contribution in [0.5, 0.6) is 23.0 Å². The number of nitrogens with one attached hydrogen (secondary N) is 1. The average Bonchev–Trinajstić information content (AvgIpc) is 3.22. The van der Waals surface area contributed by atoms with Gasteiger partial charge in [0.05, 0.1) is 38.7 Å². The Hall–Kier alpha value is -3.67. The van der Waals surface area contributed by atoms with Gasteiger partial charge in [0.25, 0.3) is 0 Å². The van der Waals surface area contributed by atoms with E-state index in [1.54, 1.807) is 33.7 Å². The van der Waals surface area contributed by atoms with Crippen LogP contribution in [0.25, 0.3) is 33.3 Å². The molecular formula is C23H22N2O4. The molecule has 0 saturated heterocycles. The lowest BCUT2D eigenvalue weighted by atomic mass is 9.96. The number of phenols is 1. The number of methoxy groups -OCH3 is 3. The Morgan fingerprint density at radius 3 is 2.17 bits per heavy atom. The van der Waals surface area contributed by atoms with Crippen molar-refractivity contribution in [3.8, 4) is 45.3 Å². The number of nitrogens with zero attached hydrogens (tertiary/aromatic N) is 1. The minimum absolute atomic E-state index is 0.265. The lowest BCUT2D eigenvalue weighted by molar-refractivity contribution is 0.324. The number of fused-ring (bicyclic) bond motifs is 1. The van der Waals surface area contributed by atoms with Crippen LogP contribution in [0.15, 0.2) is 48.8 Å². The van der Waals surface area contributed by atoms with Crippen LogP contribution in [0.1, 0.15) is 5.56 Å². The Labute approximate surface area is 168 Å². The molecule has 0 saturated carbocycles. The number of rotatable bonds is 5. The van der Waals surface area contributed by atoms with Gasteiger partial charge >= 0.3 is 0 Å². The maximum absolute atomic E-state index is 10.1. The number of aryl methyl sites for hydroxylation is 1. The Morgan fingerprint density at radius 1 is 0.828 bits per heavy atom. The Bertz CT molecular complexity index is 1170. The molecule has 1 heterocycles. The zero-order valence-electron chi connectivity index (χ0n) is 16.7. The Morgan fingerprint density at radius 2 is 1.55 bits per heavy atom. The van der Waals surface area contributed by atoms with Crippen LogP contribution in [-0.4, -0.2) is 36.4 Å². The van der Waals surface area contributed by atoms with E-state index in [4.69, 9.17) is 14.2 Å². The first kappa shape index (κ1) is 18.7. The molecule has 148 valence electrons. The number of benzene rings is 3. The molecule has 6 nitrogen and oxygen atoms in total. The highest BCUT2D eigenvalue weighted by atomic mass is 16.5. The summed E-state index contributed by atoms with van der Waals surface area (Å²) < 4.78 is 16.5. The van der Waals surface area contributed by atoms with Crippen molar-refractivity contribution in [2.24, 2.45) is 0 Å². The summed E-state index contributed by atoms with van der Waals surface area (Å²) in [4.78, 5) is 7.68. The van der Waals surface area contributed by atoms with Crippen LogP contribution in [0.4, 0.5) is 0 Å². The van der Waals surface area contributed by atoms with Crippen LogP contribution >= 0.6 is 0 Å². The smallest absolute Gasteiger partial charge is 0.203 e. The molecule has 0 aliphatic rings. The highest BCUT2D eigenvalue weighted by molar-refractivity contribution is 5.96. The van der Waals surface area contributed by atoms with Gasteiger partial charge in [-0.3, -0.25) is 0 Å². The molecule has 0 aliphatic heterocycles. The molecule has 0 spiro atoms. The average molecular weight is 390 g/mol. The topological polar surface area (TPSA) is 76.6 Å². The van der Waals surface area contributed by atoms with Gasteiger partial charge in [0.1, 0.15) is 5.75 Å². The molecule has 6 heteroatoms. The summed E-state index contributed by atoms with van der Waals surface area (Å²) in [5, 5.41) is 10.1. The number of aromatic hydroxyl groups is 1. The molecular weight excluding hydrogens is 368 g/mol. The molecule has 29 heavy (non-hydrogen) atoms. The first-order valence-corrected chi connectivity index (χ1v) is 9.13. The number of hydrogen-bond donors (Lipinski definition) is 2. The summed E-state index contributed by atoms with van der Waals surface area (Å²) in [5.41, 5.74) is 6.24. The van der Waals surface area contributed by atoms with Gasteiger partial charge in [0, 0.05) is 5.56 Å². The zero-order valence-corrected chi connectivity index (χ0v) is 16.7. The first-order chi connectivity index (χ1) is 14.0. The fourth-order valence-electron chi connectivity index (χ4n) is 3.46. The quantitative estimate of drug-likeness (QED) is 0.505. The van der Waals surface area contributed by atoms with E-state index < -0.39 is 0 Å². The van der Waals surface area contributed by atoms with Crippen LogP contribution in [0.2, 0.25) is 0 Å². The van der Waals surface area contributed by atoms with Crippen LogP contribution in [-0.2, 0) is 0 Å². The van der Waals surface area contributed by atoms with Crippen molar-refractivity contribution in [2.45, 2.75) is 6.92 Å². The minimum Gasteiger partial charge on any atom is -0.508 e. The van der Waals surface area contributed by atoms with E-state index in [1.807, 2.05) is 43.3 Å². The van der Waals surface area contributed by atoms with Gasteiger partial charge in [-0.15, -0.1) is 0 Å². The second-order valence-electron chi connectivity index (χ2n) is 6.74. The van der Waals surface area contributed by atoms with Crippen molar-refractivity contribution < 1.29 is 19.3 Å². The third kappa shape index (κ3) is 3.23. The number of phenolic OH excluding ortho intramolecular Hbond substituents is 1. The SMILES string of the molecule is COc1cc(-c2cc(-c3ccc(C)c(O)c3)cc3[nH]cnc23)cc(OC)c1OC. The molecule has 0 bridgehead atoms. The first-order valence-electron chi connectivity index (χ1n) is 9.13. The minimum atomic E-state index is 0.265. The van der Waals surface area contributed by atoms with E-state index in [0.717, 1.165) is 38.9 Å². The predicted octanol–water partition coefficient (Wildman–Crippen LogP) is 4.94. The van der Waals surface area contributed by atoms with Gasteiger partial charge in [0.15, 0.2) is 11.5 Å². The van der Waals surface area contributed by atoms with Gasteiger partial charge in [-0.25, -0.2) is 4.98 Å². The lowest BCUT2D eigenvalue weighted by Gasteiger charge is -2.15. The molecule has 4 aromatic rings. The van der Waals surface area contributed by atoms with E-state index in [1.165, 1.54) is 0 Å². The molecule has 0 unspecified atom stereocenters. The summed E-state index contributed by atoms with van der Waals surface area (Å²) in [6.07, 6.45) is 1.67. The van der Waals surface area contributed by atoms with Crippen molar-refractivity contribution in [1.29, 1.82) is 0 Å². The summed E-state index contributed by atoms with van der Waals surface area (Å²) >= 11 is 0. The van der Waals surface area contributed by atoms with Crippen molar-refractivity contribution in [1.82, 2.24) is 9.97 Å². The maximum atomic E-state index is 10.1. The monoisotopic (exact) mass is 390 g/mol. The number of aromatic amines is 1. The summed E-state index contributed by atoms with van der Waals surface area (Å²) in [5.74, 6) is 1.95. The second-order valence-corrected chi connectivity index (χ2v) is 6.74. The molecule has 0 amide bonds. The third-order valence-corrected chi connectivity index (χ3v) is 5.04. The Balaban J connectivity index is 1.96. The largest absolute Gasteiger partial charge is 0.508 e. The molecule has 0 radical (unpaired) electrons. The normalized spacial score (nSPS) is 10.9. The molecule has 3 aromatic carbocycles. The summed E-state index contributed by atoms with van der Waals surface area (Å²) in [6, 6.07) is 13.5. The van der Waals surface area contributed by atoms with Crippen molar-refractivity contribution >= 4 is 11.0 Å². The molecule has 4 rings (SSSR count). The van der Waals surface area contributed by atoms with Crippen LogP contribution in [0, 0.1) is 6.92 Å². The van der Waals surface area contributed by atoms with Gasteiger partial charge in [0.2, 0.25) is 5.75 Å². The van der Waals surface area contributed by atoms with E-state index in [0.29, 0.717) is 17.2 Å². The van der Waals surface area contributed by atoms with Gasteiger partial charge in [-0.05, 0) is 59.5 Å². The van der Waals surface area contributed by atoms with Gasteiger partial charge in [-0.2, -0.15) is 0 Å². The third-order valence-electron chi connectivity index (χ3n) is 5.04. The fourth-order valence-corrected chi connectivity index (χ4v) is 3.46. The second kappa shape index (κ2) is 7.39. The number of imidazole rings is 1. The number of ether oxygens (including phenoxy) is 3. The van der Waals surface area contributed by atoms with Gasteiger partial charge in [-0.1, -0.05) is 12.1 Å². The number of hydrogen-bond acceptors (Lipinski definition) is 5. The van der Waals surface area contributed by atoms with E-state index in [-0.39, 0.29) is 5.75 Å². The number of aromatic nitrogens is 2. The lowest BCUT2D eigenvalue weighted by Crippen LogP contribution is -1.96. The molecule has 0 fully saturated rings. The van der Waals surface area contributed by atoms with E-state index in [2.05, 4.69) is 9.97 Å². The molecule has 2 N–H and O–H groups in total. The van der Waals surface area contributed by atoms with Gasteiger partial charge < -0.3 is 24.3 Å². The van der Waals surface area contributed by atoms with Crippen LogP contribution in [0.3, 0.4) is 0 Å². The summed E-state index contributed by atoms with van der Waals surface area (Å²) in [6.45, 7) is 1.87. The number of H-pyrrole nitrogens is 1. The maximum Gasteiger partial charge on any atom is 0.203 e. The fraction of sp³-hybridized carbons (Fsp3) is 0.174. The molecule has 0 atom stereocenters. The van der Waals surface area contributed by atoms with E-state index >= 15 is 0 Å².